The van der Waals surface area contributed by atoms with Crippen molar-refractivity contribution < 1.29 is 4.79 Å². The number of nitrogen functional groups attached to an aromatic ring is 1. The van der Waals surface area contributed by atoms with Crippen molar-refractivity contribution in [2.75, 3.05) is 11.1 Å². The van der Waals surface area contributed by atoms with Gasteiger partial charge in [0.2, 0.25) is 5.91 Å². The average Bonchev–Trinajstić information content (AvgIpc) is 2.01. The Morgan fingerprint density at radius 3 is 2.71 bits per heavy atom. The third kappa shape index (κ3) is 3.09. The molecule has 0 aliphatic rings. The molecular weight excluding hydrogens is 176 g/mol. The SMILES string of the molecule is CCCC(=O)Nc1cc(C)cc(N)c1. The Morgan fingerprint density at radius 1 is 1.43 bits per heavy atom. The lowest BCUT2D eigenvalue weighted by Gasteiger charge is -2.06. The molecule has 0 aliphatic heterocycles. The van der Waals surface area contributed by atoms with Gasteiger partial charge < -0.3 is 11.1 Å². The van der Waals surface area contributed by atoms with Crippen LogP contribution < -0.4 is 11.1 Å². The summed E-state index contributed by atoms with van der Waals surface area (Å²) < 4.78 is 0. The van der Waals surface area contributed by atoms with Crippen LogP contribution in [0.15, 0.2) is 18.2 Å². The number of hydrogen-bond acceptors (Lipinski definition) is 2. The van der Waals surface area contributed by atoms with Gasteiger partial charge in [0.1, 0.15) is 0 Å². The number of anilines is 2. The van der Waals surface area contributed by atoms with E-state index in [-0.39, 0.29) is 5.91 Å². The second kappa shape index (κ2) is 4.65. The van der Waals surface area contributed by atoms with Gasteiger partial charge in [0, 0.05) is 17.8 Å². The first-order chi connectivity index (χ1) is 6.61. The largest absolute Gasteiger partial charge is 0.399 e. The van der Waals surface area contributed by atoms with E-state index >= 15 is 0 Å². The zero-order valence-electron chi connectivity index (χ0n) is 8.63. The summed E-state index contributed by atoms with van der Waals surface area (Å²) in [5.74, 6) is 0.0394. The van der Waals surface area contributed by atoms with Gasteiger partial charge in [-0.1, -0.05) is 6.92 Å². The van der Waals surface area contributed by atoms with Gasteiger partial charge in [0.15, 0.2) is 0 Å². The van der Waals surface area contributed by atoms with Gasteiger partial charge in [-0.15, -0.1) is 0 Å². The summed E-state index contributed by atoms with van der Waals surface area (Å²) in [6.45, 7) is 3.93. The highest BCUT2D eigenvalue weighted by molar-refractivity contribution is 5.91. The predicted octanol–water partition coefficient (Wildman–Crippen LogP) is 2.32. The van der Waals surface area contributed by atoms with E-state index in [4.69, 9.17) is 5.73 Å². The molecule has 0 heterocycles. The average molecular weight is 192 g/mol. The second-order valence-electron chi connectivity index (χ2n) is 3.43. The van der Waals surface area contributed by atoms with Crippen LogP contribution >= 0.6 is 0 Å². The molecule has 0 aliphatic carbocycles. The van der Waals surface area contributed by atoms with Gasteiger partial charge in [-0.25, -0.2) is 0 Å². The van der Waals surface area contributed by atoms with E-state index in [9.17, 15) is 4.79 Å². The molecule has 76 valence electrons. The number of benzene rings is 1. The minimum absolute atomic E-state index is 0.0394. The van der Waals surface area contributed by atoms with Gasteiger partial charge in [0.05, 0.1) is 0 Å². The molecule has 0 radical (unpaired) electrons. The summed E-state index contributed by atoms with van der Waals surface area (Å²) in [5.41, 5.74) is 8.17. The number of carbonyl (C=O) groups excluding carboxylic acids is 1. The zero-order chi connectivity index (χ0) is 10.6. The quantitative estimate of drug-likeness (QED) is 0.722. The maximum absolute atomic E-state index is 11.3. The van der Waals surface area contributed by atoms with Crippen molar-refractivity contribution in [1.29, 1.82) is 0 Å². The number of nitrogens with two attached hydrogens (primary N) is 1. The fourth-order valence-corrected chi connectivity index (χ4v) is 1.34. The fourth-order valence-electron chi connectivity index (χ4n) is 1.34. The summed E-state index contributed by atoms with van der Waals surface area (Å²) in [6, 6.07) is 5.54. The molecule has 0 saturated heterocycles. The van der Waals surface area contributed by atoms with Crippen LogP contribution in [0.2, 0.25) is 0 Å². The summed E-state index contributed by atoms with van der Waals surface area (Å²) in [5, 5.41) is 2.81. The van der Waals surface area contributed by atoms with Crippen molar-refractivity contribution in [3.8, 4) is 0 Å². The van der Waals surface area contributed by atoms with Crippen LogP contribution in [0, 0.1) is 6.92 Å². The minimum Gasteiger partial charge on any atom is -0.399 e. The number of carbonyl (C=O) groups is 1. The second-order valence-corrected chi connectivity index (χ2v) is 3.43. The van der Waals surface area contributed by atoms with E-state index in [1.807, 2.05) is 26.0 Å². The molecule has 3 heteroatoms. The van der Waals surface area contributed by atoms with Crippen molar-refractivity contribution in [1.82, 2.24) is 0 Å². The molecule has 14 heavy (non-hydrogen) atoms. The van der Waals surface area contributed by atoms with Crippen LogP contribution in [0.25, 0.3) is 0 Å². The molecule has 1 aromatic rings. The van der Waals surface area contributed by atoms with Gasteiger partial charge in [-0.05, 0) is 37.1 Å². The molecule has 1 amide bonds. The molecule has 3 N–H and O–H groups in total. The number of amides is 1. The van der Waals surface area contributed by atoms with Gasteiger partial charge in [0.25, 0.3) is 0 Å². The Kier molecular flexibility index (Phi) is 3.51. The molecule has 0 aromatic heterocycles. The summed E-state index contributed by atoms with van der Waals surface area (Å²) >= 11 is 0. The third-order valence-corrected chi connectivity index (χ3v) is 1.86. The van der Waals surface area contributed by atoms with Crippen molar-refractivity contribution in [3.05, 3.63) is 23.8 Å². The van der Waals surface area contributed by atoms with Crippen molar-refractivity contribution in [2.24, 2.45) is 0 Å². The first-order valence-electron chi connectivity index (χ1n) is 4.79. The molecule has 1 rings (SSSR count). The predicted molar refractivity (Wildman–Crippen MR) is 59.1 cm³/mol. The lowest BCUT2D eigenvalue weighted by atomic mass is 10.2. The van der Waals surface area contributed by atoms with Crippen LogP contribution in [0.1, 0.15) is 25.3 Å². The van der Waals surface area contributed by atoms with Gasteiger partial charge >= 0.3 is 0 Å². The number of hydrogen-bond donors (Lipinski definition) is 2. The maximum atomic E-state index is 11.3. The van der Waals surface area contributed by atoms with Crippen molar-refractivity contribution in [2.45, 2.75) is 26.7 Å². The first-order valence-corrected chi connectivity index (χ1v) is 4.79. The van der Waals surface area contributed by atoms with E-state index in [1.54, 1.807) is 6.07 Å². The molecule has 0 fully saturated rings. The van der Waals surface area contributed by atoms with Gasteiger partial charge in [-0.3, -0.25) is 4.79 Å². The Balaban J connectivity index is 2.71. The molecule has 0 spiro atoms. The topological polar surface area (TPSA) is 55.1 Å². The van der Waals surface area contributed by atoms with Crippen LogP contribution in [-0.2, 0) is 4.79 Å². The minimum atomic E-state index is 0.0394. The Hall–Kier alpha value is -1.51. The molecule has 0 bridgehead atoms. The van der Waals surface area contributed by atoms with E-state index in [0.29, 0.717) is 12.1 Å². The van der Waals surface area contributed by atoms with Crippen LogP contribution in [0.5, 0.6) is 0 Å². The van der Waals surface area contributed by atoms with Crippen LogP contribution in [0.3, 0.4) is 0 Å². The van der Waals surface area contributed by atoms with E-state index in [0.717, 1.165) is 17.7 Å². The first kappa shape index (κ1) is 10.6. The number of aryl methyl sites for hydroxylation is 1. The molecule has 3 nitrogen and oxygen atoms in total. The highest BCUT2D eigenvalue weighted by Crippen LogP contribution is 2.16. The van der Waals surface area contributed by atoms with Crippen molar-refractivity contribution >= 4 is 17.3 Å². The Labute approximate surface area is 84.3 Å². The monoisotopic (exact) mass is 192 g/mol. The lowest BCUT2D eigenvalue weighted by molar-refractivity contribution is -0.116. The summed E-state index contributed by atoms with van der Waals surface area (Å²) in [4.78, 5) is 11.3. The Morgan fingerprint density at radius 2 is 2.14 bits per heavy atom. The molecule has 0 unspecified atom stereocenters. The van der Waals surface area contributed by atoms with Crippen LogP contribution in [-0.4, -0.2) is 5.91 Å². The van der Waals surface area contributed by atoms with E-state index < -0.39 is 0 Å². The van der Waals surface area contributed by atoms with E-state index in [1.165, 1.54) is 0 Å². The molecular formula is C11H16N2O. The van der Waals surface area contributed by atoms with Gasteiger partial charge in [-0.2, -0.15) is 0 Å². The molecule has 0 atom stereocenters. The molecule has 0 saturated carbocycles. The maximum Gasteiger partial charge on any atom is 0.224 e. The normalized spacial score (nSPS) is 9.86. The highest BCUT2D eigenvalue weighted by atomic mass is 16.1. The summed E-state index contributed by atoms with van der Waals surface area (Å²) in [7, 11) is 0. The Bertz CT molecular complexity index is 314. The van der Waals surface area contributed by atoms with Crippen molar-refractivity contribution in [3.63, 3.8) is 0 Å². The third-order valence-electron chi connectivity index (χ3n) is 1.86. The standard InChI is InChI=1S/C11H16N2O/c1-3-4-11(14)13-10-6-8(2)5-9(12)7-10/h5-7H,3-4,12H2,1-2H3,(H,13,14). The lowest BCUT2D eigenvalue weighted by Crippen LogP contribution is -2.10. The van der Waals surface area contributed by atoms with Crippen LogP contribution in [0.4, 0.5) is 11.4 Å². The number of nitrogens with one attached hydrogen (secondary N) is 1. The smallest absolute Gasteiger partial charge is 0.224 e. The number of rotatable bonds is 3. The zero-order valence-corrected chi connectivity index (χ0v) is 8.63. The van der Waals surface area contributed by atoms with E-state index in [2.05, 4.69) is 5.32 Å². The molecule has 1 aromatic carbocycles. The summed E-state index contributed by atoms with van der Waals surface area (Å²) in [6.07, 6.45) is 1.40. The highest BCUT2D eigenvalue weighted by Gasteiger charge is 2.01. The fraction of sp³-hybridized carbons (Fsp3) is 0.364.